The van der Waals surface area contributed by atoms with Crippen LogP contribution >= 0.6 is 0 Å². The highest BCUT2D eigenvalue weighted by Gasteiger charge is 2.17. The number of hydrogen-bond acceptors (Lipinski definition) is 5. The number of rotatable bonds is 8. The molecule has 8 heteroatoms. The molecule has 1 unspecified atom stereocenters. The molecule has 154 valence electrons. The molecule has 0 saturated heterocycles. The minimum Gasteiger partial charge on any atom is -0.493 e. The fourth-order valence-electron chi connectivity index (χ4n) is 2.41. The van der Waals surface area contributed by atoms with E-state index in [1.165, 1.54) is 7.11 Å². The van der Waals surface area contributed by atoms with E-state index in [1.807, 2.05) is 6.92 Å². The topological polar surface area (TPSA) is 106 Å². The molecular formula is C21H25N3O5. The van der Waals surface area contributed by atoms with E-state index in [-0.39, 0.29) is 5.91 Å². The SMILES string of the molecule is CCCC(=O)Nc1ccc(C(=O)NNC(=O)C(C)Oc2ccccc2OC)cc1. The molecule has 2 rings (SSSR count). The van der Waals surface area contributed by atoms with Crippen LogP contribution in [0.2, 0.25) is 0 Å². The molecule has 1 atom stereocenters. The maximum atomic E-state index is 12.2. The standard InChI is InChI=1S/C21H25N3O5/c1-4-7-19(25)22-16-12-10-15(11-13-16)21(27)24-23-20(26)14(2)29-18-9-6-5-8-17(18)28-3/h5-6,8-14H,4,7H2,1-3H3,(H,22,25)(H,23,26)(H,24,27). The molecule has 8 nitrogen and oxygen atoms in total. The number of ether oxygens (including phenoxy) is 2. The summed E-state index contributed by atoms with van der Waals surface area (Å²) in [5, 5.41) is 2.74. The highest BCUT2D eigenvalue weighted by molar-refractivity contribution is 5.97. The molecule has 0 spiro atoms. The molecule has 0 aliphatic carbocycles. The molecule has 0 saturated carbocycles. The lowest BCUT2D eigenvalue weighted by atomic mass is 10.2. The molecule has 0 aliphatic heterocycles. The Hall–Kier alpha value is -3.55. The Kier molecular flexibility index (Phi) is 8.02. The number of anilines is 1. The maximum Gasteiger partial charge on any atom is 0.279 e. The molecule has 2 aromatic carbocycles. The lowest BCUT2D eigenvalue weighted by molar-refractivity contribution is -0.128. The van der Waals surface area contributed by atoms with E-state index in [4.69, 9.17) is 9.47 Å². The first-order chi connectivity index (χ1) is 13.9. The Balaban J connectivity index is 1.86. The van der Waals surface area contributed by atoms with Crippen molar-refractivity contribution in [3.05, 3.63) is 54.1 Å². The van der Waals surface area contributed by atoms with Crippen LogP contribution in [0.25, 0.3) is 0 Å². The number of amides is 3. The Morgan fingerprint density at radius 1 is 0.966 bits per heavy atom. The number of hydrazine groups is 1. The molecule has 3 N–H and O–H groups in total. The fourth-order valence-corrected chi connectivity index (χ4v) is 2.41. The third-order valence-electron chi connectivity index (χ3n) is 3.95. The van der Waals surface area contributed by atoms with Gasteiger partial charge in [0.2, 0.25) is 5.91 Å². The van der Waals surface area contributed by atoms with E-state index in [2.05, 4.69) is 16.2 Å². The number of benzene rings is 2. The number of nitrogens with one attached hydrogen (secondary N) is 3. The van der Waals surface area contributed by atoms with Gasteiger partial charge in [-0.05, 0) is 49.7 Å². The maximum absolute atomic E-state index is 12.2. The van der Waals surface area contributed by atoms with Crippen molar-refractivity contribution >= 4 is 23.4 Å². The zero-order valence-corrected chi connectivity index (χ0v) is 16.7. The Bertz CT molecular complexity index is 852. The molecule has 3 amide bonds. The summed E-state index contributed by atoms with van der Waals surface area (Å²) >= 11 is 0. The fraction of sp³-hybridized carbons (Fsp3) is 0.286. The quantitative estimate of drug-likeness (QED) is 0.592. The lowest BCUT2D eigenvalue weighted by Crippen LogP contribution is -2.47. The van der Waals surface area contributed by atoms with Crippen molar-refractivity contribution in [3.63, 3.8) is 0 Å². The molecule has 0 radical (unpaired) electrons. The first-order valence-electron chi connectivity index (χ1n) is 9.24. The van der Waals surface area contributed by atoms with Crippen LogP contribution in [0, 0.1) is 0 Å². The van der Waals surface area contributed by atoms with Crippen molar-refractivity contribution < 1.29 is 23.9 Å². The highest BCUT2D eigenvalue weighted by Crippen LogP contribution is 2.26. The Morgan fingerprint density at radius 3 is 2.24 bits per heavy atom. The van der Waals surface area contributed by atoms with Crippen LogP contribution in [-0.4, -0.2) is 30.9 Å². The Morgan fingerprint density at radius 2 is 1.62 bits per heavy atom. The van der Waals surface area contributed by atoms with Gasteiger partial charge in [-0.1, -0.05) is 19.1 Å². The van der Waals surface area contributed by atoms with Gasteiger partial charge in [0.1, 0.15) is 0 Å². The van der Waals surface area contributed by atoms with Crippen LogP contribution < -0.4 is 25.6 Å². The van der Waals surface area contributed by atoms with Crippen LogP contribution in [0.15, 0.2) is 48.5 Å². The second-order valence-corrected chi connectivity index (χ2v) is 6.23. The number of carbonyl (C=O) groups is 3. The van der Waals surface area contributed by atoms with Gasteiger partial charge in [-0.3, -0.25) is 25.2 Å². The zero-order valence-electron chi connectivity index (χ0n) is 16.7. The van der Waals surface area contributed by atoms with Gasteiger partial charge in [0.15, 0.2) is 17.6 Å². The zero-order chi connectivity index (χ0) is 21.2. The van der Waals surface area contributed by atoms with Gasteiger partial charge in [0.25, 0.3) is 11.8 Å². The summed E-state index contributed by atoms with van der Waals surface area (Å²) in [6.07, 6.45) is 0.331. The van der Waals surface area contributed by atoms with Gasteiger partial charge >= 0.3 is 0 Å². The first-order valence-corrected chi connectivity index (χ1v) is 9.24. The normalized spacial score (nSPS) is 11.1. The molecule has 0 fully saturated rings. The average Bonchev–Trinajstić information content (AvgIpc) is 2.72. The second-order valence-electron chi connectivity index (χ2n) is 6.23. The predicted octanol–water partition coefficient (Wildman–Crippen LogP) is 2.66. The van der Waals surface area contributed by atoms with Crippen molar-refractivity contribution in [3.8, 4) is 11.5 Å². The Labute approximate surface area is 169 Å². The van der Waals surface area contributed by atoms with Crippen molar-refractivity contribution in [2.45, 2.75) is 32.8 Å². The van der Waals surface area contributed by atoms with E-state index < -0.39 is 17.9 Å². The van der Waals surface area contributed by atoms with Crippen molar-refractivity contribution in [1.82, 2.24) is 10.9 Å². The van der Waals surface area contributed by atoms with Crippen LogP contribution in [-0.2, 0) is 9.59 Å². The van der Waals surface area contributed by atoms with E-state index >= 15 is 0 Å². The molecule has 29 heavy (non-hydrogen) atoms. The van der Waals surface area contributed by atoms with E-state index in [1.54, 1.807) is 55.5 Å². The minimum absolute atomic E-state index is 0.0824. The van der Waals surface area contributed by atoms with Gasteiger partial charge in [-0.15, -0.1) is 0 Å². The van der Waals surface area contributed by atoms with Gasteiger partial charge in [0, 0.05) is 17.7 Å². The number of methoxy groups -OCH3 is 1. The smallest absolute Gasteiger partial charge is 0.279 e. The first kappa shape index (κ1) is 21.7. The van der Waals surface area contributed by atoms with Crippen molar-refractivity contribution in [2.24, 2.45) is 0 Å². The van der Waals surface area contributed by atoms with Crippen molar-refractivity contribution in [2.75, 3.05) is 12.4 Å². The highest BCUT2D eigenvalue weighted by atomic mass is 16.5. The number of carbonyl (C=O) groups excluding carboxylic acids is 3. The van der Waals surface area contributed by atoms with E-state index in [0.717, 1.165) is 6.42 Å². The van der Waals surface area contributed by atoms with Gasteiger partial charge in [0.05, 0.1) is 7.11 Å². The van der Waals surface area contributed by atoms with Crippen LogP contribution in [0.4, 0.5) is 5.69 Å². The third kappa shape index (κ3) is 6.53. The summed E-state index contributed by atoms with van der Waals surface area (Å²) in [4.78, 5) is 36.0. The van der Waals surface area contributed by atoms with Gasteiger partial charge < -0.3 is 14.8 Å². The summed E-state index contributed by atoms with van der Waals surface area (Å²) in [6, 6.07) is 13.3. The predicted molar refractivity (Wildman–Crippen MR) is 109 cm³/mol. The van der Waals surface area contributed by atoms with Crippen LogP contribution in [0.3, 0.4) is 0 Å². The second kappa shape index (κ2) is 10.7. The van der Waals surface area contributed by atoms with Crippen molar-refractivity contribution in [1.29, 1.82) is 0 Å². The molecule has 0 heterocycles. The summed E-state index contributed by atoms with van der Waals surface area (Å²) in [7, 11) is 1.51. The monoisotopic (exact) mass is 399 g/mol. The largest absolute Gasteiger partial charge is 0.493 e. The number of para-hydroxylation sites is 2. The molecule has 2 aromatic rings. The van der Waals surface area contributed by atoms with Gasteiger partial charge in [-0.25, -0.2) is 0 Å². The third-order valence-corrected chi connectivity index (χ3v) is 3.95. The van der Waals surface area contributed by atoms with E-state index in [9.17, 15) is 14.4 Å². The van der Waals surface area contributed by atoms with Crippen LogP contribution in [0.5, 0.6) is 11.5 Å². The molecule has 0 bridgehead atoms. The minimum atomic E-state index is -0.859. The summed E-state index contributed by atoms with van der Waals surface area (Å²) in [5.74, 6) is -0.171. The lowest BCUT2D eigenvalue weighted by Gasteiger charge is -2.17. The summed E-state index contributed by atoms with van der Waals surface area (Å²) in [6.45, 7) is 3.48. The van der Waals surface area contributed by atoms with Crippen LogP contribution in [0.1, 0.15) is 37.0 Å². The summed E-state index contributed by atoms with van der Waals surface area (Å²) < 4.78 is 10.8. The van der Waals surface area contributed by atoms with E-state index in [0.29, 0.717) is 29.2 Å². The molecular weight excluding hydrogens is 374 g/mol. The average molecular weight is 399 g/mol. The van der Waals surface area contributed by atoms with Gasteiger partial charge in [-0.2, -0.15) is 0 Å². The molecule has 0 aromatic heterocycles. The molecule has 0 aliphatic rings. The summed E-state index contributed by atoms with van der Waals surface area (Å²) in [5.41, 5.74) is 5.60. The number of hydrogen-bond donors (Lipinski definition) is 3.